The average Bonchev–Trinajstić information content (AvgIpc) is 2.76. The van der Waals surface area contributed by atoms with E-state index in [0.29, 0.717) is 0 Å². The van der Waals surface area contributed by atoms with Gasteiger partial charge in [-0.2, -0.15) is 0 Å². The highest BCUT2D eigenvalue weighted by atomic mass is 32.1. The zero-order valence-electron chi connectivity index (χ0n) is 46.7. The van der Waals surface area contributed by atoms with Crippen LogP contribution in [0.3, 0.4) is 0 Å². The standard InChI is InChI=1S/C84H50S2/c1-3-18-51(19-4-1)53-24-17-25-59(42-53)81-65-26-9-11-28-67(65)82(68-29-12-10-27-66(68)81)60-37-40-64-76-46-58-35-34-56(43-62(58)50-80(76)86-78(64)48-60)57-36-41-73(74(44-57)52-20-5-2-6-21-52)84-71-32-15-13-30-69(71)83(70-31-14-16-33-72(70)84)61-38-39-63-75-45-54-22-7-8-23-55(54)47-79(75)85-77(63)49-61/h1-50H. The normalized spacial score (nSPS) is 12.0. The van der Waals surface area contributed by atoms with E-state index in [0.717, 1.165) is 0 Å². The summed E-state index contributed by atoms with van der Waals surface area (Å²) in [5.41, 5.74) is 17.3. The highest BCUT2D eigenvalue weighted by Gasteiger charge is 2.22. The zero-order valence-corrected chi connectivity index (χ0v) is 48.3. The number of benzene rings is 16. The summed E-state index contributed by atoms with van der Waals surface area (Å²) in [6, 6.07) is 114. The van der Waals surface area contributed by atoms with Crippen LogP contribution in [0.5, 0.6) is 0 Å². The summed E-state index contributed by atoms with van der Waals surface area (Å²) >= 11 is 3.80. The Bertz CT molecular complexity index is 5710. The number of hydrogen-bond donors (Lipinski definition) is 0. The second kappa shape index (κ2) is 19.6. The summed E-state index contributed by atoms with van der Waals surface area (Å²) in [7, 11) is 0. The van der Waals surface area contributed by atoms with Crippen molar-refractivity contribution in [2.24, 2.45) is 0 Å². The summed E-state index contributed by atoms with van der Waals surface area (Å²) in [5.74, 6) is 0. The van der Waals surface area contributed by atoms with Gasteiger partial charge in [-0.05, 0) is 197 Å². The maximum absolute atomic E-state index is 2.44. The van der Waals surface area contributed by atoms with Crippen LogP contribution in [0.2, 0.25) is 0 Å². The predicted octanol–water partition coefficient (Wildman–Crippen LogP) is 25.0. The Balaban J connectivity index is 0.743. The maximum Gasteiger partial charge on any atom is 0.0361 e. The minimum absolute atomic E-state index is 1.19. The van der Waals surface area contributed by atoms with Gasteiger partial charge in [-0.3, -0.25) is 0 Å². The molecule has 0 radical (unpaired) electrons. The molecule has 0 spiro atoms. The van der Waals surface area contributed by atoms with Gasteiger partial charge in [0.05, 0.1) is 0 Å². The van der Waals surface area contributed by atoms with Gasteiger partial charge in [0.2, 0.25) is 0 Å². The molecule has 0 unspecified atom stereocenters. The molecule has 398 valence electrons. The predicted molar refractivity (Wildman–Crippen MR) is 375 cm³/mol. The fraction of sp³-hybridized carbons (Fsp3) is 0. The molecule has 0 fully saturated rings. The molecule has 0 atom stereocenters. The molecule has 0 saturated carbocycles. The van der Waals surface area contributed by atoms with Crippen LogP contribution in [0.4, 0.5) is 0 Å². The number of rotatable bonds is 7. The quantitative estimate of drug-likeness (QED) is 0.140. The summed E-state index contributed by atoms with van der Waals surface area (Å²) in [5, 5.41) is 20.3. The van der Waals surface area contributed by atoms with Crippen molar-refractivity contribution in [2.75, 3.05) is 0 Å². The summed E-state index contributed by atoms with van der Waals surface area (Å²) in [4.78, 5) is 0. The second-order valence-corrected chi connectivity index (χ2v) is 25.2. The largest absolute Gasteiger partial charge is 0.135 e. The van der Waals surface area contributed by atoms with Gasteiger partial charge in [-0.15, -0.1) is 22.7 Å². The van der Waals surface area contributed by atoms with Crippen LogP contribution in [0.25, 0.3) is 183 Å². The minimum atomic E-state index is 1.19. The lowest BCUT2D eigenvalue weighted by Gasteiger charge is -2.20. The third-order valence-electron chi connectivity index (χ3n) is 18.2. The second-order valence-electron chi connectivity index (χ2n) is 23.0. The first-order chi connectivity index (χ1) is 42.6. The van der Waals surface area contributed by atoms with E-state index in [9.17, 15) is 0 Å². The van der Waals surface area contributed by atoms with Crippen molar-refractivity contribution in [1.82, 2.24) is 0 Å². The Morgan fingerprint density at radius 1 is 0.151 bits per heavy atom. The van der Waals surface area contributed by atoms with Crippen molar-refractivity contribution >= 4 is 128 Å². The van der Waals surface area contributed by atoms with Gasteiger partial charge in [-0.1, -0.05) is 249 Å². The first kappa shape index (κ1) is 49.0. The molecule has 0 aliphatic heterocycles. The molecule has 0 bridgehead atoms. The highest BCUT2D eigenvalue weighted by molar-refractivity contribution is 7.26. The van der Waals surface area contributed by atoms with Gasteiger partial charge in [0.15, 0.2) is 0 Å². The molecule has 2 aromatic heterocycles. The van der Waals surface area contributed by atoms with Crippen molar-refractivity contribution in [3.05, 3.63) is 303 Å². The van der Waals surface area contributed by atoms with Gasteiger partial charge in [-0.25, -0.2) is 0 Å². The fourth-order valence-corrected chi connectivity index (χ4v) is 16.6. The molecule has 16 aromatic carbocycles. The van der Waals surface area contributed by atoms with Crippen LogP contribution in [0.1, 0.15) is 0 Å². The van der Waals surface area contributed by atoms with Crippen molar-refractivity contribution in [3.8, 4) is 77.9 Å². The number of fused-ring (bicyclic) bond motifs is 12. The first-order valence-electron chi connectivity index (χ1n) is 29.6. The van der Waals surface area contributed by atoms with Crippen molar-refractivity contribution in [2.45, 2.75) is 0 Å². The van der Waals surface area contributed by atoms with E-state index in [1.54, 1.807) is 0 Å². The van der Waals surface area contributed by atoms with Gasteiger partial charge in [0, 0.05) is 40.3 Å². The number of thiophene rings is 2. The zero-order chi connectivity index (χ0) is 56.4. The minimum Gasteiger partial charge on any atom is -0.135 e. The maximum atomic E-state index is 2.44. The van der Waals surface area contributed by atoms with E-state index >= 15 is 0 Å². The third kappa shape index (κ3) is 7.81. The van der Waals surface area contributed by atoms with Crippen molar-refractivity contribution in [1.29, 1.82) is 0 Å². The van der Waals surface area contributed by atoms with Crippen LogP contribution in [0.15, 0.2) is 303 Å². The average molecular weight is 1120 g/mol. The molecule has 2 heterocycles. The van der Waals surface area contributed by atoms with E-state index < -0.39 is 0 Å². The summed E-state index contributed by atoms with van der Waals surface area (Å²) < 4.78 is 5.23. The van der Waals surface area contributed by atoms with Gasteiger partial charge < -0.3 is 0 Å². The lowest BCUT2D eigenvalue weighted by molar-refractivity contribution is 1.59. The topological polar surface area (TPSA) is 0 Å². The van der Waals surface area contributed by atoms with Gasteiger partial charge >= 0.3 is 0 Å². The molecule has 18 rings (SSSR count). The lowest BCUT2D eigenvalue weighted by atomic mass is 9.83. The molecular weight excluding hydrogens is 1070 g/mol. The van der Waals surface area contributed by atoms with E-state index in [4.69, 9.17) is 0 Å². The van der Waals surface area contributed by atoms with Crippen LogP contribution < -0.4 is 0 Å². The monoisotopic (exact) mass is 1120 g/mol. The van der Waals surface area contributed by atoms with Crippen molar-refractivity contribution in [3.63, 3.8) is 0 Å². The molecule has 86 heavy (non-hydrogen) atoms. The Morgan fingerprint density at radius 3 is 1.05 bits per heavy atom. The fourth-order valence-electron chi connectivity index (χ4n) is 14.2. The molecule has 0 aliphatic carbocycles. The van der Waals surface area contributed by atoms with Crippen LogP contribution >= 0.6 is 22.7 Å². The number of hydrogen-bond acceptors (Lipinski definition) is 2. The van der Waals surface area contributed by atoms with E-state index in [1.807, 2.05) is 22.7 Å². The van der Waals surface area contributed by atoms with E-state index in [-0.39, 0.29) is 0 Å². The van der Waals surface area contributed by atoms with Gasteiger partial charge in [0.25, 0.3) is 0 Å². The molecule has 2 heteroatoms. The third-order valence-corrected chi connectivity index (χ3v) is 20.4. The van der Waals surface area contributed by atoms with Crippen molar-refractivity contribution < 1.29 is 0 Å². The van der Waals surface area contributed by atoms with Crippen LogP contribution in [-0.2, 0) is 0 Å². The van der Waals surface area contributed by atoms with E-state index in [2.05, 4.69) is 303 Å². The molecule has 18 aromatic rings. The summed E-state index contributed by atoms with van der Waals surface area (Å²) in [6.45, 7) is 0. The smallest absolute Gasteiger partial charge is 0.0361 e. The molecule has 0 N–H and O–H groups in total. The molecule has 0 aliphatic rings. The molecule has 0 amide bonds. The Hall–Kier alpha value is -10.5. The first-order valence-corrected chi connectivity index (χ1v) is 31.2. The molecular formula is C84H50S2. The Morgan fingerprint density at radius 2 is 0.512 bits per heavy atom. The lowest BCUT2D eigenvalue weighted by Crippen LogP contribution is -1.93. The molecule has 0 nitrogen and oxygen atoms in total. The Labute approximate surface area is 505 Å². The summed E-state index contributed by atoms with van der Waals surface area (Å²) in [6.07, 6.45) is 0. The van der Waals surface area contributed by atoms with Crippen LogP contribution in [-0.4, -0.2) is 0 Å². The Kier molecular flexibility index (Phi) is 11.1. The van der Waals surface area contributed by atoms with Gasteiger partial charge in [0.1, 0.15) is 0 Å². The van der Waals surface area contributed by atoms with Crippen LogP contribution in [0, 0.1) is 0 Å². The molecule has 0 saturated heterocycles. The van der Waals surface area contributed by atoms with E-state index in [1.165, 1.54) is 183 Å². The SMILES string of the molecule is c1ccc(-c2cccc(-c3c4ccccc4c(-c4ccc5c(c4)sc4cc6cc(-c7ccc(-c8c9ccccc9c(-c9ccc%10c(c9)sc9cc%11ccccc%11cc9%10)c9ccccc89)c(-c8ccccc8)c7)ccc6cc45)c4ccccc34)c2)cc1. The highest BCUT2D eigenvalue weighted by Crippen LogP contribution is 2.50.